The number of methoxy groups -OCH3 is 1. The van der Waals surface area contributed by atoms with Crippen LogP contribution in [-0.4, -0.2) is 43.9 Å². The van der Waals surface area contributed by atoms with Crippen LogP contribution in [0.15, 0.2) is 48.5 Å². The first-order valence-corrected chi connectivity index (χ1v) is 9.73. The molecule has 1 fully saturated rings. The number of phenolic OH excluding ortho intramolecular Hbond substituents is 1. The van der Waals surface area contributed by atoms with E-state index in [4.69, 9.17) is 4.74 Å². The number of aromatic hydroxyl groups is 1. The van der Waals surface area contributed by atoms with Crippen LogP contribution in [0, 0.1) is 0 Å². The summed E-state index contributed by atoms with van der Waals surface area (Å²) in [7, 11) is -0.916. The molecule has 1 amide bonds. The Hall–Kier alpha value is -2.62. The Kier molecular flexibility index (Phi) is 5.36. The highest BCUT2D eigenvalue weighted by molar-refractivity contribution is 7.87. The van der Waals surface area contributed by atoms with Gasteiger partial charge in [-0.1, -0.05) is 18.2 Å². The van der Waals surface area contributed by atoms with Crippen molar-refractivity contribution in [3.8, 4) is 11.5 Å². The molecule has 1 heterocycles. The average Bonchev–Trinajstić information content (AvgIpc) is 2.63. The minimum absolute atomic E-state index is 0.00944. The average molecular weight is 391 g/mol. The summed E-state index contributed by atoms with van der Waals surface area (Å²) >= 11 is 0. The van der Waals surface area contributed by atoms with E-state index in [1.807, 2.05) is 0 Å². The second-order valence-corrected chi connectivity index (χ2v) is 8.02. The van der Waals surface area contributed by atoms with Crippen LogP contribution in [0.4, 0.5) is 5.69 Å². The van der Waals surface area contributed by atoms with Gasteiger partial charge in [0.1, 0.15) is 17.5 Å². The molecule has 9 heteroatoms. The van der Waals surface area contributed by atoms with Gasteiger partial charge in [0, 0.05) is 24.8 Å². The topological polar surface area (TPSA) is 108 Å². The summed E-state index contributed by atoms with van der Waals surface area (Å²) < 4.78 is 33.7. The van der Waals surface area contributed by atoms with Crippen molar-refractivity contribution in [3.63, 3.8) is 0 Å². The molecule has 27 heavy (non-hydrogen) atoms. The molecule has 144 valence electrons. The molecule has 2 aromatic carbocycles. The van der Waals surface area contributed by atoms with E-state index >= 15 is 0 Å². The normalized spacial score (nSPS) is 22.1. The number of phenols is 1. The Morgan fingerprint density at radius 2 is 1.96 bits per heavy atom. The first-order valence-electron chi connectivity index (χ1n) is 8.29. The standard InChI is InChI=1S/C18H21N3O5S/c1-21-17(18(23)19-13-4-3-5-14(22)10-13)11-16(20-27(21,24)25)12-6-8-15(26-2)9-7-12/h3-10,16-17,20,22H,11H2,1-2H3,(H,19,23). The van der Waals surface area contributed by atoms with Crippen LogP contribution in [0.3, 0.4) is 0 Å². The van der Waals surface area contributed by atoms with Crippen LogP contribution in [0.25, 0.3) is 0 Å². The van der Waals surface area contributed by atoms with Gasteiger partial charge >= 0.3 is 0 Å². The van der Waals surface area contributed by atoms with E-state index in [-0.39, 0.29) is 12.2 Å². The third-order valence-electron chi connectivity index (χ3n) is 4.50. The van der Waals surface area contributed by atoms with Gasteiger partial charge in [-0.3, -0.25) is 4.79 Å². The highest BCUT2D eigenvalue weighted by Crippen LogP contribution is 2.29. The summed E-state index contributed by atoms with van der Waals surface area (Å²) in [5, 5.41) is 12.2. The number of nitrogens with zero attached hydrogens (tertiary/aromatic N) is 1. The van der Waals surface area contributed by atoms with E-state index in [2.05, 4.69) is 10.0 Å². The summed E-state index contributed by atoms with van der Waals surface area (Å²) in [5.74, 6) is 0.203. The highest BCUT2D eigenvalue weighted by Gasteiger charge is 2.40. The van der Waals surface area contributed by atoms with Crippen molar-refractivity contribution in [3.05, 3.63) is 54.1 Å². The van der Waals surface area contributed by atoms with Crippen LogP contribution in [0.5, 0.6) is 11.5 Å². The van der Waals surface area contributed by atoms with Gasteiger partial charge in [0.25, 0.3) is 10.2 Å². The summed E-state index contributed by atoms with van der Waals surface area (Å²) in [5.41, 5.74) is 1.13. The van der Waals surface area contributed by atoms with Gasteiger partial charge in [0.15, 0.2) is 0 Å². The van der Waals surface area contributed by atoms with E-state index in [0.29, 0.717) is 11.4 Å². The Morgan fingerprint density at radius 1 is 1.26 bits per heavy atom. The fraction of sp³-hybridized carbons (Fsp3) is 0.278. The zero-order valence-corrected chi connectivity index (χ0v) is 15.7. The number of anilines is 1. The molecule has 1 aliphatic rings. The Bertz CT molecular complexity index is 930. The number of carbonyl (C=O) groups excluding carboxylic acids is 1. The third kappa shape index (κ3) is 4.21. The third-order valence-corrected chi connectivity index (χ3v) is 6.10. The molecule has 2 unspecified atom stereocenters. The number of benzene rings is 2. The lowest BCUT2D eigenvalue weighted by Gasteiger charge is -2.36. The highest BCUT2D eigenvalue weighted by atomic mass is 32.2. The molecule has 2 aromatic rings. The molecule has 0 saturated carbocycles. The van der Waals surface area contributed by atoms with Gasteiger partial charge in [-0.05, 0) is 36.2 Å². The van der Waals surface area contributed by atoms with E-state index < -0.39 is 28.2 Å². The summed E-state index contributed by atoms with van der Waals surface area (Å²) in [6.07, 6.45) is 0.257. The van der Waals surface area contributed by atoms with Crippen LogP contribution in [0.1, 0.15) is 18.0 Å². The number of hydrogen-bond donors (Lipinski definition) is 3. The van der Waals surface area contributed by atoms with Crippen molar-refractivity contribution in [1.82, 2.24) is 9.03 Å². The Morgan fingerprint density at radius 3 is 2.59 bits per heavy atom. The molecule has 0 bridgehead atoms. The maximum atomic E-state index is 12.7. The smallest absolute Gasteiger partial charge is 0.280 e. The lowest BCUT2D eigenvalue weighted by atomic mass is 9.99. The second kappa shape index (κ2) is 7.55. The first-order chi connectivity index (χ1) is 12.8. The van der Waals surface area contributed by atoms with Crippen molar-refractivity contribution in [2.45, 2.75) is 18.5 Å². The van der Waals surface area contributed by atoms with Crippen LogP contribution >= 0.6 is 0 Å². The zero-order chi connectivity index (χ0) is 19.6. The first kappa shape index (κ1) is 19.2. The largest absolute Gasteiger partial charge is 0.508 e. The van der Waals surface area contributed by atoms with Crippen LogP contribution < -0.4 is 14.8 Å². The van der Waals surface area contributed by atoms with Gasteiger partial charge < -0.3 is 15.2 Å². The summed E-state index contributed by atoms with van der Waals surface area (Å²) in [4.78, 5) is 12.7. The fourth-order valence-electron chi connectivity index (χ4n) is 2.97. The molecule has 0 aromatic heterocycles. The number of carbonyl (C=O) groups is 1. The van der Waals surface area contributed by atoms with Crippen molar-refractivity contribution in [2.24, 2.45) is 0 Å². The summed E-state index contributed by atoms with van der Waals surface area (Å²) in [6.45, 7) is 0. The molecule has 0 spiro atoms. The number of ether oxygens (including phenoxy) is 1. The lowest BCUT2D eigenvalue weighted by Crippen LogP contribution is -2.55. The van der Waals surface area contributed by atoms with Crippen LogP contribution in [0.2, 0.25) is 0 Å². The van der Waals surface area contributed by atoms with Crippen molar-refractivity contribution < 1.29 is 23.1 Å². The molecule has 3 N–H and O–H groups in total. The zero-order valence-electron chi connectivity index (χ0n) is 14.9. The molecular formula is C18H21N3O5S. The number of hydrogen-bond acceptors (Lipinski definition) is 5. The number of nitrogens with one attached hydrogen (secondary N) is 2. The predicted molar refractivity (Wildman–Crippen MR) is 101 cm³/mol. The second-order valence-electron chi connectivity index (χ2n) is 6.26. The van der Waals surface area contributed by atoms with Crippen molar-refractivity contribution in [2.75, 3.05) is 19.5 Å². The van der Waals surface area contributed by atoms with Gasteiger partial charge in [0.2, 0.25) is 5.91 Å². The minimum atomic E-state index is -3.83. The van der Waals surface area contributed by atoms with Crippen molar-refractivity contribution >= 4 is 21.8 Å². The van der Waals surface area contributed by atoms with E-state index in [1.165, 1.54) is 19.2 Å². The quantitative estimate of drug-likeness (QED) is 0.734. The SMILES string of the molecule is COc1ccc(C2CC(C(=O)Nc3cccc(O)c3)N(C)S(=O)(=O)N2)cc1. The van der Waals surface area contributed by atoms with E-state index in [1.54, 1.807) is 43.5 Å². The lowest BCUT2D eigenvalue weighted by molar-refractivity contribution is -0.120. The molecule has 2 atom stereocenters. The predicted octanol–water partition coefficient (Wildman–Crippen LogP) is 1.62. The summed E-state index contributed by atoms with van der Waals surface area (Å²) in [6, 6.07) is 11.7. The van der Waals surface area contributed by atoms with Gasteiger partial charge in [-0.25, -0.2) is 0 Å². The van der Waals surface area contributed by atoms with Gasteiger partial charge in [0.05, 0.1) is 7.11 Å². The molecule has 8 nitrogen and oxygen atoms in total. The number of rotatable bonds is 4. The fourth-order valence-corrected chi connectivity index (χ4v) is 4.25. The maximum Gasteiger partial charge on any atom is 0.280 e. The Labute approximate surface area is 157 Å². The van der Waals surface area contributed by atoms with Crippen molar-refractivity contribution in [1.29, 1.82) is 0 Å². The maximum absolute atomic E-state index is 12.7. The van der Waals surface area contributed by atoms with Crippen LogP contribution in [-0.2, 0) is 15.0 Å². The number of amides is 1. The molecule has 1 aliphatic heterocycles. The van der Waals surface area contributed by atoms with E-state index in [9.17, 15) is 18.3 Å². The minimum Gasteiger partial charge on any atom is -0.508 e. The molecular weight excluding hydrogens is 370 g/mol. The molecule has 0 radical (unpaired) electrons. The molecule has 3 rings (SSSR count). The molecule has 0 aliphatic carbocycles. The monoisotopic (exact) mass is 391 g/mol. The van der Waals surface area contributed by atoms with E-state index in [0.717, 1.165) is 9.87 Å². The Balaban J connectivity index is 1.83. The van der Waals surface area contributed by atoms with Gasteiger partial charge in [-0.15, -0.1) is 0 Å². The number of likely N-dealkylation sites (N-methyl/N-ethyl adjacent to an activating group) is 1. The van der Waals surface area contributed by atoms with Gasteiger partial charge in [-0.2, -0.15) is 17.4 Å². The molecule has 1 saturated heterocycles.